The van der Waals surface area contributed by atoms with Crippen molar-refractivity contribution < 1.29 is 21.2 Å². The molecule has 1 aromatic rings. The molecule has 0 fully saturated rings. The van der Waals surface area contributed by atoms with E-state index in [4.69, 9.17) is 5.73 Å². The second-order valence-electron chi connectivity index (χ2n) is 4.16. The number of benzene rings is 1. The zero-order valence-electron chi connectivity index (χ0n) is 10.1. The van der Waals surface area contributed by atoms with Gasteiger partial charge in [0.2, 0.25) is 0 Å². The quantitative estimate of drug-likeness (QED) is 0.883. The fraction of sp³-hybridized carbons (Fsp3) is 0.400. The average molecular weight is 295 g/mol. The number of rotatable bonds is 3. The van der Waals surface area contributed by atoms with Gasteiger partial charge in [0.15, 0.2) is 19.7 Å². The van der Waals surface area contributed by atoms with Crippen LogP contribution in [0.25, 0.3) is 0 Å². The molecular formula is C10H14FNO4S2. The molecule has 2 N–H and O–H groups in total. The van der Waals surface area contributed by atoms with Crippen LogP contribution in [0.4, 0.5) is 4.39 Å². The summed E-state index contributed by atoms with van der Waals surface area (Å²) in [6.07, 6.45) is 1.58. The summed E-state index contributed by atoms with van der Waals surface area (Å²) >= 11 is 0. The van der Waals surface area contributed by atoms with Crippen molar-refractivity contribution in [2.45, 2.75) is 22.8 Å². The highest BCUT2D eigenvalue weighted by atomic mass is 32.2. The molecule has 0 heterocycles. The van der Waals surface area contributed by atoms with E-state index < -0.39 is 41.3 Å². The first-order valence-electron chi connectivity index (χ1n) is 4.93. The van der Waals surface area contributed by atoms with Crippen LogP contribution in [-0.2, 0) is 19.7 Å². The predicted molar refractivity (Wildman–Crippen MR) is 65.2 cm³/mol. The lowest BCUT2D eigenvalue weighted by atomic mass is 10.1. The summed E-state index contributed by atoms with van der Waals surface area (Å²) in [7, 11) is -7.85. The summed E-state index contributed by atoms with van der Waals surface area (Å²) in [6.45, 7) is 1.54. The SMILES string of the molecule is CC(N)c1cc(F)c(S(C)(=O)=O)c(S(C)(=O)=O)c1. The second-order valence-corrected chi connectivity index (χ2v) is 8.10. The predicted octanol–water partition coefficient (Wildman–Crippen LogP) is 0.652. The molecule has 1 rings (SSSR count). The Morgan fingerprint density at radius 2 is 1.61 bits per heavy atom. The molecule has 5 nitrogen and oxygen atoms in total. The van der Waals surface area contributed by atoms with Gasteiger partial charge in [0, 0.05) is 18.6 Å². The molecule has 0 spiro atoms. The Labute approximate surface area is 106 Å². The van der Waals surface area contributed by atoms with Crippen molar-refractivity contribution in [3.63, 3.8) is 0 Å². The third-order valence-corrected chi connectivity index (χ3v) is 4.73. The summed E-state index contributed by atoms with van der Waals surface area (Å²) in [4.78, 5) is -1.37. The molecule has 102 valence electrons. The monoisotopic (exact) mass is 295 g/mol. The van der Waals surface area contributed by atoms with E-state index in [0.29, 0.717) is 0 Å². The van der Waals surface area contributed by atoms with Gasteiger partial charge in [-0.1, -0.05) is 0 Å². The molecule has 0 bridgehead atoms. The summed E-state index contributed by atoms with van der Waals surface area (Å²) in [5.41, 5.74) is 5.77. The van der Waals surface area contributed by atoms with Crippen molar-refractivity contribution in [1.82, 2.24) is 0 Å². The van der Waals surface area contributed by atoms with Crippen molar-refractivity contribution in [2.75, 3.05) is 12.5 Å². The van der Waals surface area contributed by atoms with Gasteiger partial charge in [-0.15, -0.1) is 0 Å². The van der Waals surface area contributed by atoms with Crippen LogP contribution >= 0.6 is 0 Å². The molecule has 0 radical (unpaired) electrons. The van der Waals surface area contributed by atoms with Crippen LogP contribution in [0.5, 0.6) is 0 Å². The van der Waals surface area contributed by atoms with Crippen molar-refractivity contribution >= 4 is 19.7 Å². The van der Waals surface area contributed by atoms with Gasteiger partial charge in [-0.2, -0.15) is 0 Å². The maximum Gasteiger partial charge on any atom is 0.179 e. The van der Waals surface area contributed by atoms with Crippen molar-refractivity contribution in [3.8, 4) is 0 Å². The van der Waals surface area contributed by atoms with E-state index in [0.717, 1.165) is 24.6 Å². The fourth-order valence-electron chi connectivity index (χ4n) is 1.49. The molecule has 0 saturated heterocycles. The van der Waals surface area contributed by atoms with Crippen LogP contribution in [0.1, 0.15) is 18.5 Å². The number of sulfone groups is 2. The van der Waals surface area contributed by atoms with Gasteiger partial charge in [0.25, 0.3) is 0 Å². The van der Waals surface area contributed by atoms with E-state index in [9.17, 15) is 21.2 Å². The zero-order valence-corrected chi connectivity index (χ0v) is 11.8. The van der Waals surface area contributed by atoms with E-state index in [-0.39, 0.29) is 5.56 Å². The van der Waals surface area contributed by atoms with E-state index in [1.54, 1.807) is 6.92 Å². The Balaban J connectivity index is 3.85. The molecule has 1 aromatic carbocycles. The highest BCUT2D eigenvalue weighted by Crippen LogP contribution is 2.27. The highest BCUT2D eigenvalue weighted by Gasteiger charge is 2.26. The van der Waals surface area contributed by atoms with E-state index in [1.807, 2.05) is 0 Å². The minimum atomic E-state index is -3.98. The zero-order chi connectivity index (χ0) is 14.3. The number of nitrogens with two attached hydrogens (primary N) is 1. The second kappa shape index (κ2) is 4.60. The first kappa shape index (κ1) is 15.1. The van der Waals surface area contributed by atoms with Gasteiger partial charge in [0.05, 0.1) is 4.90 Å². The Kier molecular flexibility index (Phi) is 3.85. The molecular weight excluding hydrogens is 281 g/mol. The van der Waals surface area contributed by atoms with E-state index in [1.165, 1.54) is 0 Å². The molecule has 0 amide bonds. The fourth-order valence-corrected chi connectivity index (χ4v) is 4.02. The smallest absolute Gasteiger partial charge is 0.179 e. The lowest BCUT2D eigenvalue weighted by Crippen LogP contribution is -2.13. The van der Waals surface area contributed by atoms with Gasteiger partial charge < -0.3 is 5.73 Å². The maximum atomic E-state index is 13.8. The van der Waals surface area contributed by atoms with Crippen LogP contribution < -0.4 is 5.73 Å². The van der Waals surface area contributed by atoms with Crippen LogP contribution in [0, 0.1) is 5.82 Å². The summed E-state index contributed by atoms with van der Waals surface area (Å²) < 4.78 is 59.8. The largest absolute Gasteiger partial charge is 0.324 e. The van der Waals surface area contributed by atoms with Gasteiger partial charge in [-0.25, -0.2) is 21.2 Å². The molecule has 0 aliphatic rings. The molecule has 18 heavy (non-hydrogen) atoms. The number of hydrogen-bond donors (Lipinski definition) is 1. The third-order valence-electron chi connectivity index (χ3n) is 2.33. The molecule has 0 aliphatic carbocycles. The van der Waals surface area contributed by atoms with Crippen LogP contribution in [0.3, 0.4) is 0 Å². The average Bonchev–Trinajstić information content (AvgIpc) is 2.12. The molecule has 0 aliphatic heterocycles. The lowest BCUT2D eigenvalue weighted by molar-refractivity contribution is 0.551. The summed E-state index contributed by atoms with van der Waals surface area (Å²) in [5.74, 6) is -1.10. The maximum absolute atomic E-state index is 13.8. The number of hydrogen-bond acceptors (Lipinski definition) is 5. The summed E-state index contributed by atoms with van der Waals surface area (Å²) in [5, 5.41) is 0. The molecule has 8 heteroatoms. The Morgan fingerprint density at radius 1 is 1.11 bits per heavy atom. The summed E-state index contributed by atoms with van der Waals surface area (Å²) in [6, 6.07) is 1.43. The lowest BCUT2D eigenvalue weighted by Gasteiger charge is -2.12. The molecule has 1 atom stereocenters. The normalized spacial score (nSPS) is 14.5. The van der Waals surface area contributed by atoms with E-state index >= 15 is 0 Å². The topological polar surface area (TPSA) is 94.3 Å². The van der Waals surface area contributed by atoms with Gasteiger partial charge in [-0.3, -0.25) is 0 Å². The standard InChI is InChI=1S/C10H14FNO4S2/c1-6(12)7-4-8(11)10(18(3,15)16)9(5-7)17(2,13)14/h4-6H,12H2,1-3H3. The van der Waals surface area contributed by atoms with Gasteiger partial charge >= 0.3 is 0 Å². The van der Waals surface area contributed by atoms with Gasteiger partial charge in [0.1, 0.15) is 10.7 Å². The highest BCUT2D eigenvalue weighted by molar-refractivity contribution is 7.93. The van der Waals surface area contributed by atoms with Crippen molar-refractivity contribution in [3.05, 3.63) is 23.5 Å². The van der Waals surface area contributed by atoms with Crippen LogP contribution in [0.15, 0.2) is 21.9 Å². The molecule has 1 unspecified atom stereocenters. The van der Waals surface area contributed by atoms with Crippen molar-refractivity contribution in [1.29, 1.82) is 0 Å². The number of halogens is 1. The van der Waals surface area contributed by atoms with Crippen LogP contribution in [-0.4, -0.2) is 29.3 Å². The molecule has 0 aromatic heterocycles. The third kappa shape index (κ3) is 3.06. The Morgan fingerprint density at radius 3 is 1.94 bits per heavy atom. The first-order chi connectivity index (χ1) is 7.94. The first-order valence-corrected chi connectivity index (χ1v) is 8.72. The minimum Gasteiger partial charge on any atom is -0.324 e. The van der Waals surface area contributed by atoms with Crippen LogP contribution in [0.2, 0.25) is 0 Å². The Hall–Kier alpha value is -0.990. The Bertz CT molecular complexity index is 678. The van der Waals surface area contributed by atoms with E-state index in [2.05, 4.69) is 0 Å². The van der Waals surface area contributed by atoms with Crippen molar-refractivity contribution in [2.24, 2.45) is 5.73 Å². The molecule has 0 saturated carbocycles. The minimum absolute atomic E-state index is 0.223. The van der Waals surface area contributed by atoms with Gasteiger partial charge in [-0.05, 0) is 24.6 Å².